The highest BCUT2D eigenvalue weighted by Gasteiger charge is 2.28. The minimum atomic E-state index is -1.75. The minimum Gasteiger partial charge on any atom is -0.480 e. The standard InChI is InChI=1S/C13H19FN2O4/c1-7(2)5-9(12(18)19)15-11(17)8-6-10(20-16-8)13(3,4)14/h6-7,9H,5H2,1-4H3,(H,15,17)(H,18,19). The molecule has 1 aromatic rings. The van der Waals surface area contributed by atoms with E-state index in [1.54, 1.807) is 0 Å². The van der Waals surface area contributed by atoms with Gasteiger partial charge in [0.05, 0.1) is 0 Å². The lowest BCUT2D eigenvalue weighted by Gasteiger charge is -2.15. The monoisotopic (exact) mass is 286 g/mol. The minimum absolute atomic E-state index is 0.0848. The summed E-state index contributed by atoms with van der Waals surface area (Å²) in [6, 6.07) is 0.157. The third-order valence-corrected chi connectivity index (χ3v) is 2.64. The summed E-state index contributed by atoms with van der Waals surface area (Å²) in [5.41, 5.74) is -1.89. The average molecular weight is 286 g/mol. The summed E-state index contributed by atoms with van der Waals surface area (Å²) in [5.74, 6) is -1.80. The van der Waals surface area contributed by atoms with E-state index in [2.05, 4.69) is 10.5 Å². The van der Waals surface area contributed by atoms with Crippen molar-refractivity contribution in [2.45, 2.75) is 45.8 Å². The molecule has 1 heterocycles. The number of rotatable bonds is 6. The van der Waals surface area contributed by atoms with Crippen LogP contribution in [-0.2, 0) is 10.5 Å². The zero-order valence-electron chi connectivity index (χ0n) is 11.9. The Morgan fingerprint density at radius 1 is 1.50 bits per heavy atom. The average Bonchev–Trinajstić information content (AvgIpc) is 2.75. The number of carbonyl (C=O) groups excluding carboxylic acids is 1. The zero-order chi connectivity index (χ0) is 15.5. The zero-order valence-corrected chi connectivity index (χ0v) is 11.9. The lowest BCUT2D eigenvalue weighted by molar-refractivity contribution is -0.139. The van der Waals surface area contributed by atoms with Crippen molar-refractivity contribution in [3.8, 4) is 0 Å². The second-order valence-electron chi connectivity index (χ2n) is 5.54. The Hall–Kier alpha value is -1.92. The van der Waals surface area contributed by atoms with E-state index in [1.165, 1.54) is 19.9 Å². The fourth-order valence-electron chi connectivity index (χ4n) is 1.59. The van der Waals surface area contributed by atoms with E-state index in [0.717, 1.165) is 0 Å². The summed E-state index contributed by atoms with van der Waals surface area (Å²) < 4.78 is 18.3. The van der Waals surface area contributed by atoms with E-state index in [9.17, 15) is 14.0 Å². The van der Waals surface area contributed by atoms with Crippen LogP contribution in [0.4, 0.5) is 4.39 Å². The van der Waals surface area contributed by atoms with Crippen LogP contribution in [0.5, 0.6) is 0 Å². The highest BCUT2D eigenvalue weighted by atomic mass is 19.1. The van der Waals surface area contributed by atoms with Crippen LogP contribution in [0.2, 0.25) is 0 Å². The Morgan fingerprint density at radius 3 is 2.50 bits per heavy atom. The second kappa shape index (κ2) is 6.02. The molecule has 0 bridgehead atoms. The molecule has 0 aliphatic carbocycles. The van der Waals surface area contributed by atoms with Gasteiger partial charge >= 0.3 is 5.97 Å². The van der Waals surface area contributed by atoms with E-state index in [1.807, 2.05) is 13.8 Å². The number of carbonyl (C=O) groups is 2. The van der Waals surface area contributed by atoms with Crippen molar-refractivity contribution < 1.29 is 23.6 Å². The number of hydrogen-bond acceptors (Lipinski definition) is 4. The number of carboxylic acids is 1. The maximum Gasteiger partial charge on any atom is 0.326 e. The summed E-state index contributed by atoms with van der Waals surface area (Å²) >= 11 is 0. The molecule has 1 amide bonds. The van der Waals surface area contributed by atoms with Crippen LogP contribution in [0.1, 0.15) is 50.4 Å². The van der Waals surface area contributed by atoms with E-state index in [-0.39, 0.29) is 17.4 Å². The molecule has 0 fully saturated rings. The van der Waals surface area contributed by atoms with Crippen LogP contribution in [0.25, 0.3) is 0 Å². The summed E-state index contributed by atoms with van der Waals surface area (Å²) in [5, 5.41) is 14.8. The molecule has 1 aromatic heterocycles. The van der Waals surface area contributed by atoms with Crippen LogP contribution >= 0.6 is 0 Å². The molecule has 0 aliphatic heterocycles. The van der Waals surface area contributed by atoms with Gasteiger partial charge in [-0.25, -0.2) is 9.18 Å². The Bertz CT molecular complexity index is 491. The third-order valence-electron chi connectivity index (χ3n) is 2.64. The second-order valence-corrected chi connectivity index (χ2v) is 5.54. The van der Waals surface area contributed by atoms with Crippen molar-refractivity contribution in [1.29, 1.82) is 0 Å². The van der Waals surface area contributed by atoms with Gasteiger partial charge in [-0.15, -0.1) is 0 Å². The summed E-state index contributed by atoms with van der Waals surface area (Å²) in [6.45, 7) is 6.24. The van der Waals surface area contributed by atoms with Gasteiger partial charge in [-0.1, -0.05) is 19.0 Å². The van der Waals surface area contributed by atoms with Gasteiger partial charge in [0, 0.05) is 6.07 Å². The van der Waals surface area contributed by atoms with E-state index >= 15 is 0 Å². The number of nitrogens with one attached hydrogen (secondary N) is 1. The van der Waals surface area contributed by atoms with E-state index in [0.29, 0.717) is 6.42 Å². The lowest BCUT2D eigenvalue weighted by atomic mass is 10.0. The highest BCUT2D eigenvalue weighted by Crippen LogP contribution is 2.24. The fourth-order valence-corrected chi connectivity index (χ4v) is 1.59. The first-order valence-electron chi connectivity index (χ1n) is 6.31. The Balaban J connectivity index is 2.79. The van der Waals surface area contributed by atoms with Gasteiger partial charge in [0.15, 0.2) is 17.1 Å². The molecule has 0 radical (unpaired) electrons. The van der Waals surface area contributed by atoms with Gasteiger partial charge in [0.25, 0.3) is 5.91 Å². The largest absolute Gasteiger partial charge is 0.480 e. The van der Waals surface area contributed by atoms with Crippen LogP contribution in [0.15, 0.2) is 10.6 Å². The number of halogens is 1. The number of nitrogens with zero attached hydrogens (tertiary/aromatic N) is 1. The number of carboxylic acid groups (broad SMARTS) is 1. The molecular formula is C13H19FN2O4. The lowest BCUT2D eigenvalue weighted by Crippen LogP contribution is -2.41. The third kappa shape index (κ3) is 4.32. The van der Waals surface area contributed by atoms with Crippen molar-refractivity contribution in [3.05, 3.63) is 17.5 Å². The number of aromatic nitrogens is 1. The van der Waals surface area contributed by atoms with Crippen molar-refractivity contribution >= 4 is 11.9 Å². The topological polar surface area (TPSA) is 92.4 Å². The molecule has 1 atom stereocenters. The highest BCUT2D eigenvalue weighted by molar-refractivity contribution is 5.94. The van der Waals surface area contributed by atoms with Gasteiger partial charge in [0.2, 0.25) is 0 Å². The van der Waals surface area contributed by atoms with Gasteiger partial charge in [-0.05, 0) is 26.2 Å². The number of hydrogen-bond donors (Lipinski definition) is 2. The van der Waals surface area contributed by atoms with Crippen LogP contribution in [0, 0.1) is 5.92 Å². The van der Waals surface area contributed by atoms with Gasteiger partial charge in [0.1, 0.15) is 6.04 Å². The predicted octanol–water partition coefficient (Wildman–Crippen LogP) is 2.11. The fraction of sp³-hybridized carbons (Fsp3) is 0.615. The van der Waals surface area contributed by atoms with Crippen molar-refractivity contribution in [2.24, 2.45) is 5.92 Å². The molecule has 0 saturated carbocycles. The summed E-state index contributed by atoms with van der Waals surface area (Å²) in [6.07, 6.45) is 0.292. The van der Waals surface area contributed by atoms with Crippen molar-refractivity contribution in [1.82, 2.24) is 10.5 Å². The molecule has 112 valence electrons. The maximum absolute atomic E-state index is 13.6. The van der Waals surface area contributed by atoms with Crippen LogP contribution < -0.4 is 5.32 Å². The van der Waals surface area contributed by atoms with Gasteiger partial charge in [-0.3, -0.25) is 4.79 Å². The molecule has 0 spiro atoms. The molecule has 20 heavy (non-hydrogen) atoms. The van der Waals surface area contributed by atoms with E-state index < -0.39 is 23.6 Å². The Kier molecular flexibility index (Phi) is 4.86. The quantitative estimate of drug-likeness (QED) is 0.835. The van der Waals surface area contributed by atoms with Crippen molar-refractivity contribution in [3.63, 3.8) is 0 Å². The molecule has 1 rings (SSSR count). The SMILES string of the molecule is CC(C)CC(NC(=O)c1cc(C(C)(C)F)on1)C(=O)O. The number of aliphatic carboxylic acids is 1. The molecule has 1 unspecified atom stereocenters. The molecule has 6 nitrogen and oxygen atoms in total. The molecular weight excluding hydrogens is 267 g/mol. The predicted molar refractivity (Wildman–Crippen MR) is 69.0 cm³/mol. The first-order valence-corrected chi connectivity index (χ1v) is 6.31. The van der Waals surface area contributed by atoms with Crippen molar-refractivity contribution in [2.75, 3.05) is 0 Å². The molecule has 2 N–H and O–H groups in total. The molecule has 0 aliphatic rings. The molecule has 0 aromatic carbocycles. The van der Waals surface area contributed by atoms with Crippen LogP contribution in [0.3, 0.4) is 0 Å². The molecule has 0 saturated heterocycles. The molecule has 7 heteroatoms. The Morgan fingerprint density at radius 2 is 2.10 bits per heavy atom. The normalized spacial score (nSPS) is 13.3. The maximum atomic E-state index is 13.6. The number of alkyl halides is 1. The van der Waals surface area contributed by atoms with Crippen LogP contribution in [-0.4, -0.2) is 28.2 Å². The number of amides is 1. The summed E-state index contributed by atoms with van der Waals surface area (Å²) in [4.78, 5) is 22.9. The smallest absolute Gasteiger partial charge is 0.326 e. The summed E-state index contributed by atoms with van der Waals surface area (Å²) in [7, 11) is 0. The van der Waals surface area contributed by atoms with Gasteiger partial charge in [-0.2, -0.15) is 0 Å². The van der Waals surface area contributed by atoms with E-state index in [4.69, 9.17) is 9.63 Å². The first kappa shape index (κ1) is 16.1. The first-order chi connectivity index (χ1) is 9.11. The Labute approximate surface area is 116 Å². The van der Waals surface area contributed by atoms with Gasteiger partial charge < -0.3 is 14.9 Å².